The summed E-state index contributed by atoms with van der Waals surface area (Å²) in [7, 11) is 0. The number of hydrogen-bond acceptors (Lipinski definition) is 7. The highest BCUT2D eigenvalue weighted by Gasteiger charge is 2.29. The maximum atomic E-state index is 14.1. The van der Waals surface area contributed by atoms with Crippen molar-refractivity contribution < 1.29 is 9.47 Å². The van der Waals surface area contributed by atoms with Gasteiger partial charge in [0.1, 0.15) is 17.6 Å². The molecule has 0 radical (unpaired) electrons. The van der Waals surface area contributed by atoms with Gasteiger partial charge in [-0.3, -0.25) is 18.6 Å². The molecule has 1 atom stereocenters. The third-order valence-electron chi connectivity index (χ3n) is 7.55. The summed E-state index contributed by atoms with van der Waals surface area (Å²) < 4.78 is 16.7. The van der Waals surface area contributed by atoms with Crippen LogP contribution in [0.4, 0.5) is 5.69 Å². The molecule has 0 N–H and O–H groups in total. The van der Waals surface area contributed by atoms with Crippen LogP contribution in [0.25, 0.3) is 33.0 Å². The summed E-state index contributed by atoms with van der Waals surface area (Å²) >= 11 is 0. The zero-order valence-electron chi connectivity index (χ0n) is 21.2. The second kappa shape index (κ2) is 9.65. The Morgan fingerprint density at radius 1 is 1.03 bits per heavy atom. The van der Waals surface area contributed by atoms with Gasteiger partial charge in [0.15, 0.2) is 11.3 Å². The summed E-state index contributed by atoms with van der Waals surface area (Å²) in [5, 5.41) is 0. The van der Waals surface area contributed by atoms with Crippen LogP contribution >= 0.6 is 0 Å². The number of fused-ring (bicyclic) bond motifs is 3. The molecule has 1 unspecified atom stereocenters. The van der Waals surface area contributed by atoms with Gasteiger partial charge in [-0.2, -0.15) is 4.98 Å². The predicted molar refractivity (Wildman–Crippen MR) is 145 cm³/mol. The van der Waals surface area contributed by atoms with Crippen LogP contribution in [0.1, 0.15) is 18.0 Å². The molecule has 11 nitrogen and oxygen atoms in total. The molecule has 0 bridgehead atoms. The smallest absolute Gasteiger partial charge is 0.330 e. The van der Waals surface area contributed by atoms with Crippen LogP contribution in [0.2, 0.25) is 0 Å². The number of benzene rings is 2. The standard InChI is InChI=1S/C28H26N8O3/c1-29-19-6-7-21-23(16-19)35(18-31-21)27-30-17-24-26(32-27)36(22-8-13-39-25-5-3-2-4-20(22)25)28(37)34(24)10-9-33-11-14-38-15-12-33/h2-7,16-18,22H,8-15H2. The van der Waals surface area contributed by atoms with Crippen molar-refractivity contribution in [2.45, 2.75) is 19.0 Å². The highest BCUT2D eigenvalue weighted by molar-refractivity contribution is 5.81. The molecular formula is C28H26N8O3. The van der Waals surface area contributed by atoms with Crippen molar-refractivity contribution >= 4 is 27.9 Å². The van der Waals surface area contributed by atoms with Crippen molar-refractivity contribution in [2.24, 2.45) is 0 Å². The molecule has 1 fully saturated rings. The largest absolute Gasteiger partial charge is 0.493 e. The number of para-hydroxylation sites is 1. The topological polar surface area (TPSA) is 96.6 Å². The quantitative estimate of drug-likeness (QED) is 0.327. The molecule has 11 heteroatoms. The van der Waals surface area contributed by atoms with Crippen molar-refractivity contribution in [1.82, 2.24) is 33.6 Å². The van der Waals surface area contributed by atoms with E-state index in [-0.39, 0.29) is 11.7 Å². The number of rotatable bonds is 5. The van der Waals surface area contributed by atoms with Crippen molar-refractivity contribution in [3.05, 3.63) is 82.5 Å². The van der Waals surface area contributed by atoms with Crippen molar-refractivity contribution in [2.75, 3.05) is 39.5 Å². The maximum Gasteiger partial charge on any atom is 0.330 e. The van der Waals surface area contributed by atoms with Crippen LogP contribution in [0.5, 0.6) is 5.75 Å². The molecule has 7 rings (SSSR count). The second-order valence-corrected chi connectivity index (χ2v) is 9.73. The van der Waals surface area contributed by atoms with E-state index < -0.39 is 0 Å². The van der Waals surface area contributed by atoms with Crippen LogP contribution < -0.4 is 10.4 Å². The zero-order valence-corrected chi connectivity index (χ0v) is 21.2. The van der Waals surface area contributed by atoms with Gasteiger partial charge in [0.25, 0.3) is 0 Å². The van der Waals surface area contributed by atoms with Crippen LogP contribution in [0, 0.1) is 6.57 Å². The minimum atomic E-state index is -0.217. The highest BCUT2D eigenvalue weighted by Crippen LogP contribution is 2.35. The Kier molecular flexibility index (Phi) is 5.83. The Balaban J connectivity index is 1.39. The van der Waals surface area contributed by atoms with E-state index in [9.17, 15) is 4.79 Å². The maximum absolute atomic E-state index is 14.1. The first-order valence-electron chi connectivity index (χ1n) is 13.1. The molecular weight excluding hydrogens is 496 g/mol. The fraction of sp³-hybridized carbons (Fsp3) is 0.321. The average molecular weight is 523 g/mol. The SMILES string of the molecule is [C-]#[N+]c1ccc2ncn(-c3ncc4c(n3)n(C3CCOc5ccccc53)c(=O)n4CCN3CCOCC3)c2c1. The van der Waals surface area contributed by atoms with E-state index in [1.807, 2.05) is 30.3 Å². The van der Waals surface area contributed by atoms with Crippen LogP contribution in [-0.4, -0.2) is 73.0 Å². The summed E-state index contributed by atoms with van der Waals surface area (Å²) in [6, 6.07) is 13.0. The van der Waals surface area contributed by atoms with Gasteiger partial charge in [-0.15, -0.1) is 0 Å². The molecule has 0 amide bonds. The third kappa shape index (κ3) is 4.05. The second-order valence-electron chi connectivity index (χ2n) is 9.73. The van der Waals surface area contributed by atoms with Crippen LogP contribution in [0.3, 0.4) is 0 Å². The van der Waals surface area contributed by atoms with Crippen molar-refractivity contribution in [3.8, 4) is 11.7 Å². The lowest BCUT2D eigenvalue weighted by Gasteiger charge is -2.27. The number of nitrogens with zero attached hydrogens (tertiary/aromatic N) is 8. The number of aromatic nitrogens is 6. The number of morpholine rings is 1. The first-order chi connectivity index (χ1) is 19.2. The van der Waals surface area contributed by atoms with E-state index in [2.05, 4.69) is 19.7 Å². The molecule has 2 aromatic carbocycles. The molecule has 5 heterocycles. The number of imidazole rings is 2. The highest BCUT2D eigenvalue weighted by atomic mass is 16.5. The van der Waals surface area contributed by atoms with Gasteiger partial charge in [0.05, 0.1) is 49.7 Å². The summed E-state index contributed by atoms with van der Waals surface area (Å²) in [5.41, 5.74) is 4.09. The number of hydrogen-bond donors (Lipinski definition) is 0. The first kappa shape index (κ1) is 23.6. The third-order valence-corrected chi connectivity index (χ3v) is 7.55. The summed E-state index contributed by atoms with van der Waals surface area (Å²) in [5.74, 6) is 1.18. The zero-order chi connectivity index (χ0) is 26.3. The normalized spacial score (nSPS) is 17.7. The summed E-state index contributed by atoms with van der Waals surface area (Å²) in [4.78, 5) is 34.0. The van der Waals surface area contributed by atoms with Crippen molar-refractivity contribution in [3.63, 3.8) is 0 Å². The lowest BCUT2D eigenvalue weighted by Crippen LogP contribution is -2.39. The van der Waals surface area contributed by atoms with Crippen LogP contribution in [0.15, 0.2) is 59.8 Å². The Bertz CT molecular complexity index is 1790. The van der Waals surface area contributed by atoms with Crippen molar-refractivity contribution in [1.29, 1.82) is 0 Å². The molecule has 1 saturated heterocycles. The monoisotopic (exact) mass is 522 g/mol. The van der Waals surface area contributed by atoms with Gasteiger partial charge in [-0.25, -0.2) is 19.6 Å². The van der Waals surface area contributed by atoms with Crippen LogP contribution in [-0.2, 0) is 11.3 Å². The molecule has 0 spiro atoms. The Morgan fingerprint density at radius 3 is 2.77 bits per heavy atom. The average Bonchev–Trinajstić information content (AvgIpc) is 3.53. The first-order valence-corrected chi connectivity index (χ1v) is 13.1. The summed E-state index contributed by atoms with van der Waals surface area (Å²) in [6.45, 7) is 12.3. The van der Waals surface area contributed by atoms with E-state index in [1.165, 1.54) is 0 Å². The Morgan fingerprint density at radius 2 is 1.90 bits per heavy atom. The molecule has 196 valence electrons. The summed E-state index contributed by atoms with van der Waals surface area (Å²) in [6.07, 6.45) is 4.03. The lowest BCUT2D eigenvalue weighted by molar-refractivity contribution is 0.0364. The molecule has 5 aromatic rings. The molecule has 2 aliphatic rings. The van der Waals surface area contributed by atoms with Gasteiger partial charge < -0.3 is 9.47 Å². The van der Waals surface area contributed by atoms with Gasteiger partial charge >= 0.3 is 5.69 Å². The molecule has 0 aliphatic carbocycles. The van der Waals surface area contributed by atoms with Gasteiger partial charge in [0, 0.05) is 38.2 Å². The minimum Gasteiger partial charge on any atom is -0.493 e. The predicted octanol–water partition coefficient (Wildman–Crippen LogP) is 3.19. The fourth-order valence-electron chi connectivity index (χ4n) is 5.54. The van der Waals surface area contributed by atoms with E-state index in [0.717, 1.165) is 42.0 Å². The van der Waals surface area contributed by atoms with E-state index in [1.54, 1.807) is 38.4 Å². The lowest BCUT2D eigenvalue weighted by atomic mass is 10.0. The Labute approximate surface area is 223 Å². The van der Waals surface area contributed by atoms with Gasteiger partial charge in [0.2, 0.25) is 5.95 Å². The molecule has 0 saturated carbocycles. The molecule has 3 aromatic heterocycles. The minimum absolute atomic E-state index is 0.114. The molecule has 2 aliphatic heterocycles. The van der Waals surface area contributed by atoms with E-state index in [4.69, 9.17) is 21.0 Å². The molecule has 39 heavy (non-hydrogen) atoms. The van der Waals surface area contributed by atoms with Gasteiger partial charge in [-0.1, -0.05) is 24.3 Å². The van der Waals surface area contributed by atoms with E-state index >= 15 is 0 Å². The van der Waals surface area contributed by atoms with E-state index in [0.29, 0.717) is 55.6 Å². The Hall–Kier alpha value is -4.53. The van der Waals surface area contributed by atoms with Gasteiger partial charge in [-0.05, 0) is 18.2 Å². The fourth-order valence-corrected chi connectivity index (χ4v) is 5.54. The number of ether oxygens (including phenoxy) is 2.